The Bertz CT molecular complexity index is 403. The van der Waals surface area contributed by atoms with Crippen LogP contribution in [0.1, 0.15) is 6.42 Å². The van der Waals surface area contributed by atoms with Crippen LogP contribution in [0.2, 0.25) is 6.04 Å². The molecule has 21 heavy (non-hydrogen) atoms. The Hall–Kier alpha value is -1.57. The van der Waals surface area contributed by atoms with E-state index in [-0.39, 0.29) is 11.9 Å². The minimum Gasteiger partial charge on any atom is -0.377 e. The monoisotopic (exact) mass is 318 g/mol. The van der Waals surface area contributed by atoms with Crippen molar-refractivity contribution in [1.29, 1.82) is 0 Å². The molecule has 0 aliphatic heterocycles. The molecule has 0 aromatic carbocycles. The molecule has 0 spiro atoms. The van der Waals surface area contributed by atoms with Crippen LogP contribution in [-0.2, 0) is 13.3 Å². The van der Waals surface area contributed by atoms with Gasteiger partial charge in [-0.15, -0.1) is 0 Å². The minimum absolute atomic E-state index is 0.204. The SMILES string of the molecule is CO[Si](CCCNc1nc(NN)nc(NN)n1)(OC)OC. The highest BCUT2D eigenvalue weighted by molar-refractivity contribution is 6.60. The molecule has 0 aliphatic carbocycles. The van der Waals surface area contributed by atoms with Gasteiger partial charge in [0.2, 0.25) is 17.8 Å². The molecule has 1 aromatic rings. The maximum atomic E-state index is 5.33. The van der Waals surface area contributed by atoms with Gasteiger partial charge in [-0.3, -0.25) is 10.9 Å². The van der Waals surface area contributed by atoms with Gasteiger partial charge in [0.1, 0.15) is 0 Å². The quantitative estimate of drug-likeness (QED) is 0.158. The standard InChI is InChI=1S/C9H22N8O3Si/c1-18-21(19-2,20-3)6-4-5-12-7-13-8(16-10)15-9(14-7)17-11/h4-6,10-11H2,1-3H3,(H3,12,13,14,15,16,17). The number of nitrogens with one attached hydrogen (secondary N) is 3. The summed E-state index contributed by atoms with van der Waals surface area (Å²) in [7, 11) is 2.19. The zero-order valence-electron chi connectivity index (χ0n) is 12.3. The van der Waals surface area contributed by atoms with E-state index in [1.54, 1.807) is 21.3 Å². The van der Waals surface area contributed by atoms with Gasteiger partial charge in [-0.05, 0) is 6.42 Å². The maximum Gasteiger partial charge on any atom is 0.500 e. The largest absolute Gasteiger partial charge is 0.500 e. The Morgan fingerprint density at radius 2 is 1.38 bits per heavy atom. The van der Waals surface area contributed by atoms with E-state index in [1.807, 2.05) is 0 Å². The molecular formula is C9H22N8O3Si. The molecule has 120 valence electrons. The number of nitrogens with two attached hydrogens (primary N) is 2. The van der Waals surface area contributed by atoms with E-state index in [4.69, 9.17) is 25.0 Å². The fourth-order valence-corrected chi connectivity index (χ4v) is 3.37. The van der Waals surface area contributed by atoms with Crippen LogP contribution in [0.25, 0.3) is 0 Å². The van der Waals surface area contributed by atoms with E-state index in [0.717, 1.165) is 6.42 Å². The lowest BCUT2D eigenvalue weighted by molar-refractivity contribution is 0.123. The zero-order valence-corrected chi connectivity index (χ0v) is 13.3. The van der Waals surface area contributed by atoms with Crippen molar-refractivity contribution in [2.75, 3.05) is 44.0 Å². The van der Waals surface area contributed by atoms with Gasteiger partial charge in [0, 0.05) is 33.9 Å². The van der Waals surface area contributed by atoms with Gasteiger partial charge in [0.25, 0.3) is 0 Å². The minimum atomic E-state index is -2.55. The smallest absolute Gasteiger partial charge is 0.377 e. The lowest BCUT2D eigenvalue weighted by Gasteiger charge is -2.24. The molecule has 11 nitrogen and oxygen atoms in total. The summed E-state index contributed by atoms with van der Waals surface area (Å²) in [6, 6.07) is 0.665. The van der Waals surface area contributed by atoms with E-state index in [2.05, 4.69) is 31.1 Å². The Morgan fingerprint density at radius 3 is 1.81 bits per heavy atom. The Balaban J connectivity index is 2.52. The van der Waals surface area contributed by atoms with Gasteiger partial charge in [0.15, 0.2) is 0 Å². The van der Waals surface area contributed by atoms with Crippen molar-refractivity contribution in [2.45, 2.75) is 12.5 Å². The number of hydrogen-bond acceptors (Lipinski definition) is 11. The van der Waals surface area contributed by atoms with Gasteiger partial charge in [0.05, 0.1) is 0 Å². The number of rotatable bonds is 10. The second-order valence-corrected chi connectivity index (χ2v) is 7.01. The second kappa shape index (κ2) is 8.66. The molecule has 0 fully saturated rings. The van der Waals surface area contributed by atoms with Gasteiger partial charge in [-0.1, -0.05) is 0 Å². The van der Waals surface area contributed by atoms with Crippen LogP contribution >= 0.6 is 0 Å². The van der Waals surface area contributed by atoms with E-state index in [0.29, 0.717) is 18.5 Å². The molecule has 0 aliphatic rings. The molecule has 1 heterocycles. The summed E-state index contributed by atoms with van der Waals surface area (Å²) < 4.78 is 16.0. The van der Waals surface area contributed by atoms with Crippen LogP contribution in [0.3, 0.4) is 0 Å². The van der Waals surface area contributed by atoms with E-state index < -0.39 is 8.80 Å². The molecule has 0 saturated heterocycles. The Labute approximate surface area is 124 Å². The fraction of sp³-hybridized carbons (Fsp3) is 0.667. The van der Waals surface area contributed by atoms with Gasteiger partial charge < -0.3 is 18.6 Å². The first-order valence-corrected chi connectivity index (χ1v) is 8.15. The number of nitrogen functional groups attached to an aromatic ring is 2. The highest BCUT2D eigenvalue weighted by atomic mass is 28.4. The predicted molar refractivity (Wildman–Crippen MR) is 80.1 cm³/mol. The van der Waals surface area contributed by atoms with Crippen LogP contribution in [0.15, 0.2) is 0 Å². The molecular weight excluding hydrogens is 296 g/mol. The summed E-state index contributed by atoms with van der Waals surface area (Å²) in [5, 5.41) is 3.04. The number of hydrazine groups is 2. The molecule has 0 unspecified atom stereocenters. The summed E-state index contributed by atoms with van der Waals surface area (Å²) in [5.74, 6) is 11.3. The molecule has 12 heteroatoms. The molecule has 0 radical (unpaired) electrons. The van der Waals surface area contributed by atoms with Crippen molar-refractivity contribution in [2.24, 2.45) is 11.7 Å². The number of hydrogen-bond donors (Lipinski definition) is 5. The lowest BCUT2D eigenvalue weighted by Crippen LogP contribution is -2.42. The average molecular weight is 318 g/mol. The van der Waals surface area contributed by atoms with Crippen molar-refractivity contribution in [1.82, 2.24) is 15.0 Å². The molecule has 0 amide bonds. The third kappa shape index (κ3) is 5.03. The van der Waals surface area contributed by atoms with Gasteiger partial charge in [-0.25, -0.2) is 11.7 Å². The van der Waals surface area contributed by atoms with Gasteiger partial charge in [-0.2, -0.15) is 15.0 Å². The summed E-state index contributed by atoms with van der Waals surface area (Å²) in [6.45, 7) is 0.600. The van der Waals surface area contributed by atoms with E-state index in [1.165, 1.54) is 0 Å². The maximum absolute atomic E-state index is 5.33. The Morgan fingerprint density at radius 1 is 0.905 bits per heavy atom. The first kappa shape index (κ1) is 17.5. The molecule has 1 rings (SSSR count). The summed E-state index contributed by atoms with van der Waals surface area (Å²) >= 11 is 0. The van der Waals surface area contributed by atoms with Crippen molar-refractivity contribution in [3.63, 3.8) is 0 Å². The van der Waals surface area contributed by atoms with Crippen LogP contribution in [0, 0.1) is 0 Å². The topological polar surface area (TPSA) is 154 Å². The average Bonchev–Trinajstić information content (AvgIpc) is 2.55. The highest BCUT2D eigenvalue weighted by Gasteiger charge is 2.36. The normalized spacial score (nSPS) is 11.3. The molecule has 0 bridgehead atoms. The second-order valence-electron chi connectivity index (χ2n) is 3.92. The number of nitrogens with zero attached hydrogens (tertiary/aromatic N) is 3. The Kier molecular flexibility index (Phi) is 7.20. The molecule has 0 saturated carbocycles. The highest BCUT2D eigenvalue weighted by Crippen LogP contribution is 2.15. The van der Waals surface area contributed by atoms with Crippen molar-refractivity contribution < 1.29 is 13.3 Å². The summed E-state index contributed by atoms with van der Waals surface area (Å²) in [6.07, 6.45) is 0.754. The first-order chi connectivity index (χ1) is 10.1. The number of anilines is 3. The van der Waals surface area contributed by atoms with Crippen molar-refractivity contribution >= 4 is 26.6 Å². The van der Waals surface area contributed by atoms with E-state index >= 15 is 0 Å². The predicted octanol–water partition coefficient (Wildman–Crippen LogP) is -0.877. The zero-order chi connectivity index (χ0) is 15.7. The summed E-state index contributed by atoms with van der Waals surface area (Å²) in [4.78, 5) is 12.0. The molecule has 1 aromatic heterocycles. The third-order valence-electron chi connectivity index (χ3n) is 2.77. The van der Waals surface area contributed by atoms with Crippen LogP contribution < -0.4 is 27.9 Å². The fourth-order valence-electron chi connectivity index (χ4n) is 1.65. The third-order valence-corrected chi connectivity index (χ3v) is 5.60. The van der Waals surface area contributed by atoms with E-state index in [9.17, 15) is 0 Å². The van der Waals surface area contributed by atoms with Crippen LogP contribution in [0.5, 0.6) is 0 Å². The van der Waals surface area contributed by atoms with Crippen LogP contribution in [0.4, 0.5) is 17.8 Å². The first-order valence-electron chi connectivity index (χ1n) is 6.21. The van der Waals surface area contributed by atoms with Crippen molar-refractivity contribution in [3.05, 3.63) is 0 Å². The van der Waals surface area contributed by atoms with Gasteiger partial charge >= 0.3 is 8.80 Å². The molecule has 0 atom stereocenters. The lowest BCUT2D eigenvalue weighted by atomic mass is 10.5. The van der Waals surface area contributed by atoms with Crippen molar-refractivity contribution in [3.8, 4) is 0 Å². The summed E-state index contributed by atoms with van der Waals surface area (Å²) in [5.41, 5.74) is 4.67. The number of aromatic nitrogens is 3. The van der Waals surface area contributed by atoms with Crippen LogP contribution in [-0.4, -0.2) is 51.6 Å². The molecule has 7 N–H and O–H groups in total.